The maximum Gasteiger partial charge on any atom is 0.236 e. The minimum atomic E-state index is 0.294. The van der Waals surface area contributed by atoms with Gasteiger partial charge in [-0.2, -0.15) is 0 Å². The standard InChI is InChI=1S/C23H37N5O/c1-18-15-19(2)21(20(3)16-18)7-8-25-23(24-4)28-13-11-26(12-14-28)17-22(29)27-9-5-6-10-27/h15-16H,5-14,17H2,1-4H3,(H,24,25). The number of guanidine groups is 1. The Bertz CT molecular complexity index is 708. The highest BCUT2D eigenvalue weighted by atomic mass is 16.2. The number of aliphatic imine (C=N–C) groups is 1. The highest BCUT2D eigenvalue weighted by molar-refractivity contribution is 5.80. The Hall–Kier alpha value is -2.08. The van der Waals surface area contributed by atoms with Crippen LogP contribution < -0.4 is 5.32 Å². The van der Waals surface area contributed by atoms with E-state index >= 15 is 0 Å². The predicted octanol–water partition coefficient (Wildman–Crippen LogP) is 1.97. The maximum absolute atomic E-state index is 12.4. The molecule has 0 atom stereocenters. The number of hydrogen-bond acceptors (Lipinski definition) is 3. The molecule has 0 unspecified atom stereocenters. The molecule has 6 nitrogen and oxygen atoms in total. The van der Waals surface area contributed by atoms with Gasteiger partial charge in [-0.15, -0.1) is 0 Å². The van der Waals surface area contributed by atoms with Gasteiger partial charge in [-0.25, -0.2) is 0 Å². The number of aryl methyl sites for hydroxylation is 3. The monoisotopic (exact) mass is 399 g/mol. The van der Waals surface area contributed by atoms with Crippen molar-refractivity contribution < 1.29 is 4.79 Å². The summed E-state index contributed by atoms with van der Waals surface area (Å²) in [6.07, 6.45) is 3.31. The van der Waals surface area contributed by atoms with Crippen LogP contribution in [0.3, 0.4) is 0 Å². The first-order chi connectivity index (χ1) is 14.0. The molecule has 6 heteroatoms. The first kappa shape index (κ1) is 21.6. The van der Waals surface area contributed by atoms with Gasteiger partial charge in [0.2, 0.25) is 5.91 Å². The van der Waals surface area contributed by atoms with Crippen LogP contribution in [0.25, 0.3) is 0 Å². The second-order valence-corrected chi connectivity index (χ2v) is 8.45. The molecule has 1 aromatic carbocycles. The van der Waals surface area contributed by atoms with Crippen LogP contribution >= 0.6 is 0 Å². The lowest BCUT2D eigenvalue weighted by atomic mass is 9.97. The lowest BCUT2D eigenvalue weighted by Gasteiger charge is -2.36. The smallest absolute Gasteiger partial charge is 0.236 e. The summed E-state index contributed by atoms with van der Waals surface area (Å²) in [5.41, 5.74) is 5.50. The topological polar surface area (TPSA) is 51.2 Å². The van der Waals surface area contributed by atoms with Crippen molar-refractivity contribution in [2.45, 2.75) is 40.0 Å². The number of amides is 1. The fraction of sp³-hybridized carbons (Fsp3) is 0.652. The van der Waals surface area contributed by atoms with Gasteiger partial charge in [0.15, 0.2) is 5.96 Å². The minimum absolute atomic E-state index is 0.294. The van der Waals surface area contributed by atoms with E-state index in [1.807, 2.05) is 11.9 Å². The summed E-state index contributed by atoms with van der Waals surface area (Å²) in [5.74, 6) is 1.26. The van der Waals surface area contributed by atoms with E-state index in [0.29, 0.717) is 12.5 Å². The van der Waals surface area contributed by atoms with Crippen LogP contribution in [0.4, 0.5) is 0 Å². The number of piperazine rings is 1. The molecule has 2 aliphatic heterocycles. The van der Waals surface area contributed by atoms with Gasteiger partial charge in [0.1, 0.15) is 0 Å². The first-order valence-corrected chi connectivity index (χ1v) is 11.0. The summed E-state index contributed by atoms with van der Waals surface area (Å²) in [7, 11) is 1.86. The second kappa shape index (κ2) is 10.1. The predicted molar refractivity (Wildman–Crippen MR) is 120 cm³/mol. The van der Waals surface area contributed by atoms with E-state index in [1.165, 1.54) is 22.3 Å². The number of nitrogens with one attached hydrogen (secondary N) is 1. The molecular formula is C23H37N5O. The van der Waals surface area contributed by atoms with Crippen LogP contribution in [0, 0.1) is 20.8 Å². The van der Waals surface area contributed by atoms with Crippen molar-refractivity contribution in [1.82, 2.24) is 20.0 Å². The Morgan fingerprint density at radius 2 is 1.59 bits per heavy atom. The minimum Gasteiger partial charge on any atom is -0.356 e. The van der Waals surface area contributed by atoms with Crippen molar-refractivity contribution in [3.8, 4) is 0 Å². The molecule has 3 rings (SSSR count). The largest absolute Gasteiger partial charge is 0.356 e. The van der Waals surface area contributed by atoms with Crippen LogP contribution in [-0.2, 0) is 11.2 Å². The van der Waals surface area contributed by atoms with Gasteiger partial charge < -0.3 is 15.1 Å². The maximum atomic E-state index is 12.4. The number of nitrogens with zero attached hydrogens (tertiary/aromatic N) is 4. The Morgan fingerprint density at radius 1 is 0.966 bits per heavy atom. The van der Waals surface area contributed by atoms with E-state index in [2.05, 4.69) is 53.0 Å². The van der Waals surface area contributed by atoms with Crippen LogP contribution in [0.1, 0.15) is 35.1 Å². The van der Waals surface area contributed by atoms with Crippen molar-refractivity contribution in [2.75, 3.05) is 59.4 Å². The van der Waals surface area contributed by atoms with Gasteiger partial charge in [0.25, 0.3) is 0 Å². The van der Waals surface area contributed by atoms with Crippen LogP contribution in [0.2, 0.25) is 0 Å². The fourth-order valence-corrected chi connectivity index (χ4v) is 4.61. The van der Waals surface area contributed by atoms with Crippen LogP contribution in [-0.4, -0.2) is 86.0 Å². The average molecular weight is 400 g/mol. The number of carbonyl (C=O) groups excluding carboxylic acids is 1. The summed E-state index contributed by atoms with van der Waals surface area (Å²) >= 11 is 0. The molecule has 2 fully saturated rings. The number of hydrogen-bond donors (Lipinski definition) is 1. The van der Waals surface area contributed by atoms with Crippen LogP contribution in [0.5, 0.6) is 0 Å². The molecule has 29 heavy (non-hydrogen) atoms. The van der Waals surface area contributed by atoms with Gasteiger partial charge in [-0.05, 0) is 56.7 Å². The summed E-state index contributed by atoms with van der Waals surface area (Å²) in [4.78, 5) is 23.5. The molecule has 0 bridgehead atoms. The average Bonchev–Trinajstić information content (AvgIpc) is 3.23. The molecule has 1 aromatic rings. The Balaban J connectivity index is 1.44. The van der Waals surface area contributed by atoms with Gasteiger partial charge in [-0.3, -0.25) is 14.7 Å². The molecule has 2 heterocycles. The number of rotatable bonds is 5. The third-order valence-electron chi connectivity index (χ3n) is 6.20. The highest BCUT2D eigenvalue weighted by Crippen LogP contribution is 2.16. The van der Waals surface area contributed by atoms with Crippen molar-refractivity contribution >= 4 is 11.9 Å². The first-order valence-electron chi connectivity index (χ1n) is 11.0. The number of carbonyl (C=O) groups is 1. The van der Waals surface area contributed by atoms with Gasteiger partial charge in [0.05, 0.1) is 6.54 Å². The second-order valence-electron chi connectivity index (χ2n) is 8.45. The molecule has 0 aromatic heterocycles. The Morgan fingerprint density at radius 3 is 2.17 bits per heavy atom. The summed E-state index contributed by atoms with van der Waals surface area (Å²) in [6.45, 7) is 13.5. The summed E-state index contributed by atoms with van der Waals surface area (Å²) in [5, 5.41) is 3.54. The number of likely N-dealkylation sites (tertiary alicyclic amines) is 1. The molecule has 0 saturated carbocycles. The van der Waals surface area contributed by atoms with E-state index in [-0.39, 0.29) is 0 Å². The zero-order chi connectivity index (χ0) is 20.8. The van der Waals surface area contributed by atoms with Gasteiger partial charge >= 0.3 is 0 Å². The molecular weight excluding hydrogens is 362 g/mol. The van der Waals surface area contributed by atoms with Crippen molar-refractivity contribution in [1.29, 1.82) is 0 Å². The zero-order valence-electron chi connectivity index (χ0n) is 18.6. The molecule has 2 saturated heterocycles. The van der Waals surface area contributed by atoms with Gasteiger partial charge in [-0.1, -0.05) is 17.7 Å². The molecule has 1 N–H and O–H groups in total. The van der Waals surface area contributed by atoms with E-state index in [9.17, 15) is 4.79 Å². The molecule has 0 radical (unpaired) electrons. The third kappa shape index (κ3) is 5.72. The van der Waals surface area contributed by atoms with Crippen molar-refractivity contribution in [3.05, 3.63) is 34.4 Å². The Kier molecular flexibility index (Phi) is 7.53. The molecule has 1 amide bonds. The number of benzene rings is 1. The molecule has 0 aliphatic carbocycles. The summed E-state index contributed by atoms with van der Waals surface area (Å²) < 4.78 is 0. The quantitative estimate of drug-likeness (QED) is 0.608. The van der Waals surface area contributed by atoms with E-state index < -0.39 is 0 Å². The normalized spacial score (nSPS) is 18.4. The molecule has 0 spiro atoms. The van der Waals surface area contributed by atoms with Gasteiger partial charge in [0, 0.05) is 52.9 Å². The van der Waals surface area contributed by atoms with E-state index in [1.54, 1.807) is 0 Å². The van der Waals surface area contributed by atoms with E-state index in [0.717, 1.165) is 71.0 Å². The highest BCUT2D eigenvalue weighted by Gasteiger charge is 2.24. The molecule has 160 valence electrons. The lowest BCUT2D eigenvalue weighted by Crippen LogP contribution is -2.54. The fourth-order valence-electron chi connectivity index (χ4n) is 4.61. The van der Waals surface area contributed by atoms with Crippen LogP contribution in [0.15, 0.2) is 17.1 Å². The van der Waals surface area contributed by atoms with Crippen molar-refractivity contribution in [2.24, 2.45) is 4.99 Å². The lowest BCUT2D eigenvalue weighted by molar-refractivity contribution is -0.131. The zero-order valence-corrected chi connectivity index (χ0v) is 18.6. The molecule has 2 aliphatic rings. The summed E-state index contributed by atoms with van der Waals surface area (Å²) in [6, 6.07) is 4.53. The SMILES string of the molecule is CN=C(NCCc1c(C)cc(C)cc1C)N1CCN(CC(=O)N2CCCC2)CC1. The van der Waals surface area contributed by atoms with E-state index in [4.69, 9.17) is 0 Å². The van der Waals surface area contributed by atoms with Crippen molar-refractivity contribution in [3.63, 3.8) is 0 Å². The third-order valence-corrected chi connectivity index (χ3v) is 6.20. The Labute approximate surface area is 176 Å².